The van der Waals surface area contributed by atoms with E-state index < -0.39 is 11.9 Å². The normalized spacial score (nSPS) is 13.1. The van der Waals surface area contributed by atoms with Crippen molar-refractivity contribution in [3.8, 4) is 0 Å². The lowest BCUT2D eigenvalue weighted by Gasteiger charge is -2.11. The zero-order chi connectivity index (χ0) is 18.4. The topological polar surface area (TPSA) is 84.5 Å². The molecule has 1 aromatic heterocycles. The van der Waals surface area contributed by atoms with Gasteiger partial charge in [-0.15, -0.1) is 11.3 Å². The van der Waals surface area contributed by atoms with E-state index >= 15 is 0 Å². The molecule has 1 heterocycles. The van der Waals surface area contributed by atoms with E-state index in [1.807, 2.05) is 17.5 Å². The van der Waals surface area contributed by atoms with Gasteiger partial charge in [-0.3, -0.25) is 14.4 Å². The predicted octanol–water partition coefficient (Wildman–Crippen LogP) is 2.75. The van der Waals surface area contributed by atoms with Crippen LogP contribution in [0.2, 0.25) is 0 Å². The van der Waals surface area contributed by atoms with Crippen LogP contribution in [0.15, 0.2) is 41.8 Å². The third-order valence-corrected chi connectivity index (χ3v) is 4.81. The van der Waals surface area contributed by atoms with Crippen molar-refractivity contribution in [1.82, 2.24) is 5.32 Å². The largest absolute Gasteiger partial charge is 0.456 e. The van der Waals surface area contributed by atoms with Crippen molar-refractivity contribution in [2.24, 2.45) is 0 Å². The molecule has 0 radical (unpaired) electrons. The van der Waals surface area contributed by atoms with Crippen LogP contribution >= 0.6 is 11.3 Å². The van der Waals surface area contributed by atoms with E-state index in [0.29, 0.717) is 17.7 Å². The number of ether oxygens (including phenoxy) is 1. The summed E-state index contributed by atoms with van der Waals surface area (Å²) in [7, 11) is 0. The average Bonchev–Trinajstić information content (AvgIpc) is 3.29. The van der Waals surface area contributed by atoms with Gasteiger partial charge >= 0.3 is 5.97 Å². The van der Waals surface area contributed by atoms with Crippen LogP contribution in [0.25, 0.3) is 0 Å². The number of amides is 2. The maximum Gasteiger partial charge on any atom is 0.306 e. The van der Waals surface area contributed by atoms with Gasteiger partial charge in [-0.2, -0.15) is 0 Å². The second kappa shape index (κ2) is 8.62. The Balaban J connectivity index is 1.47. The SMILES string of the molecule is O=C(COC(=O)CCc1cccs1)Nc1ccccc1C(=O)NC1CC1. The number of para-hydroxylation sites is 1. The molecule has 0 spiro atoms. The molecule has 0 atom stereocenters. The number of carbonyl (C=O) groups is 3. The summed E-state index contributed by atoms with van der Waals surface area (Å²) < 4.78 is 5.00. The van der Waals surface area contributed by atoms with E-state index in [-0.39, 0.29) is 25.0 Å². The van der Waals surface area contributed by atoms with Crippen LogP contribution in [0.4, 0.5) is 5.69 Å². The maximum atomic E-state index is 12.2. The summed E-state index contributed by atoms with van der Waals surface area (Å²) in [5.41, 5.74) is 0.807. The van der Waals surface area contributed by atoms with Crippen molar-refractivity contribution < 1.29 is 19.1 Å². The molecule has 1 aliphatic carbocycles. The highest BCUT2D eigenvalue weighted by molar-refractivity contribution is 7.09. The van der Waals surface area contributed by atoms with Crippen LogP contribution in [0, 0.1) is 0 Å². The molecule has 3 rings (SSSR count). The molecule has 2 amide bonds. The molecule has 0 bridgehead atoms. The first-order valence-electron chi connectivity index (χ1n) is 8.49. The van der Waals surface area contributed by atoms with Crippen LogP contribution in [0.1, 0.15) is 34.5 Å². The second-order valence-corrected chi connectivity index (χ2v) is 7.11. The van der Waals surface area contributed by atoms with Crippen LogP contribution < -0.4 is 10.6 Å². The Bertz CT molecular complexity index is 785. The molecular formula is C19H20N2O4S. The average molecular weight is 372 g/mol. The molecule has 6 nitrogen and oxygen atoms in total. The van der Waals surface area contributed by atoms with Crippen LogP contribution in [-0.2, 0) is 20.7 Å². The minimum absolute atomic E-state index is 0.212. The summed E-state index contributed by atoms with van der Waals surface area (Å²) in [5.74, 6) is -1.11. The monoisotopic (exact) mass is 372 g/mol. The van der Waals surface area contributed by atoms with Gasteiger partial charge in [0, 0.05) is 10.9 Å². The van der Waals surface area contributed by atoms with Crippen molar-refractivity contribution in [3.05, 3.63) is 52.2 Å². The number of carbonyl (C=O) groups excluding carboxylic acids is 3. The highest BCUT2D eigenvalue weighted by Crippen LogP contribution is 2.21. The van der Waals surface area contributed by atoms with Crippen molar-refractivity contribution in [2.45, 2.75) is 31.7 Å². The van der Waals surface area contributed by atoms with E-state index in [2.05, 4.69) is 10.6 Å². The molecule has 2 N–H and O–H groups in total. The zero-order valence-corrected chi connectivity index (χ0v) is 15.0. The molecule has 1 aliphatic rings. The second-order valence-electron chi connectivity index (χ2n) is 6.08. The summed E-state index contributed by atoms with van der Waals surface area (Å²) in [6, 6.07) is 10.9. The van der Waals surface area contributed by atoms with Crippen molar-refractivity contribution >= 4 is 34.8 Å². The fraction of sp³-hybridized carbons (Fsp3) is 0.316. The van der Waals surface area contributed by atoms with Crippen molar-refractivity contribution in [3.63, 3.8) is 0 Å². The first-order valence-corrected chi connectivity index (χ1v) is 9.37. The lowest BCUT2D eigenvalue weighted by atomic mass is 10.1. The summed E-state index contributed by atoms with van der Waals surface area (Å²) in [4.78, 5) is 37.1. The number of hydrogen-bond acceptors (Lipinski definition) is 5. The molecule has 7 heteroatoms. The Labute approximate surface area is 155 Å². The molecule has 0 saturated heterocycles. The molecule has 136 valence electrons. The molecular weight excluding hydrogens is 352 g/mol. The number of aryl methyl sites for hydroxylation is 1. The van der Waals surface area contributed by atoms with Crippen molar-refractivity contribution in [1.29, 1.82) is 0 Å². The number of nitrogens with one attached hydrogen (secondary N) is 2. The van der Waals surface area contributed by atoms with Crippen molar-refractivity contribution in [2.75, 3.05) is 11.9 Å². The summed E-state index contributed by atoms with van der Waals surface area (Å²) in [6.07, 6.45) is 2.81. The quantitative estimate of drug-likeness (QED) is 0.698. The predicted molar refractivity (Wildman–Crippen MR) is 99.2 cm³/mol. The number of esters is 1. The summed E-state index contributed by atoms with van der Waals surface area (Å²) >= 11 is 1.58. The number of anilines is 1. The number of thiophene rings is 1. The minimum atomic E-state index is -0.471. The Kier molecular flexibility index (Phi) is 6.01. The maximum absolute atomic E-state index is 12.2. The van der Waals surface area contributed by atoms with Gasteiger partial charge in [0.15, 0.2) is 6.61 Å². The third-order valence-electron chi connectivity index (χ3n) is 3.88. The smallest absolute Gasteiger partial charge is 0.306 e. The van der Waals surface area contributed by atoms with Gasteiger partial charge in [-0.1, -0.05) is 18.2 Å². The Morgan fingerprint density at radius 3 is 2.65 bits per heavy atom. The molecule has 1 fully saturated rings. The fourth-order valence-corrected chi connectivity index (χ4v) is 3.07. The van der Waals surface area contributed by atoms with Gasteiger partial charge in [0.2, 0.25) is 0 Å². The standard InChI is InChI=1S/C19H20N2O4S/c22-17(12-25-18(23)10-9-14-4-3-11-26-14)21-16-6-2-1-5-15(16)19(24)20-13-7-8-13/h1-6,11,13H,7-10,12H2,(H,20,24)(H,21,22). The molecule has 26 heavy (non-hydrogen) atoms. The summed E-state index contributed by atoms with van der Waals surface area (Å²) in [6.45, 7) is -0.373. The Hall–Kier alpha value is -2.67. The van der Waals surface area contributed by atoms with Crippen LogP contribution in [0.3, 0.4) is 0 Å². The van der Waals surface area contributed by atoms with E-state index in [0.717, 1.165) is 17.7 Å². The lowest BCUT2D eigenvalue weighted by Crippen LogP contribution is -2.28. The van der Waals surface area contributed by atoms with E-state index in [1.54, 1.807) is 35.6 Å². The molecule has 2 aromatic rings. The van der Waals surface area contributed by atoms with Gasteiger partial charge in [-0.05, 0) is 42.8 Å². The van der Waals surface area contributed by atoms with E-state index in [9.17, 15) is 14.4 Å². The van der Waals surface area contributed by atoms with Gasteiger partial charge < -0.3 is 15.4 Å². The number of rotatable bonds is 8. The fourth-order valence-electron chi connectivity index (χ4n) is 2.37. The molecule has 1 aromatic carbocycles. The molecule has 0 unspecified atom stereocenters. The lowest BCUT2D eigenvalue weighted by molar-refractivity contribution is -0.147. The first-order chi connectivity index (χ1) is 12.6. The van der Waals surface area contributed by atoms with Gasteiger partial charge in [0.25, 0.3) is 11.8 Å². The van der Waals surface area contributed by atoms with Gasteiger partial charge in [0.05, 0.1) is 17.7 Å². The van der Waals surface area contributed by atoms with E-state index in [1.165, 1.54) is 0 Å². The number of hydrogen-bond donors (Lipinski definition) is 2. The zero-order valence-electron chi connectivity index (χ0n) is 14.2. The highest BCUT2D eigenvalue weighted by atomic mass is 32.1. The molecule has 0 aliphatic heterocycles. The summed E-state index contributed by atoms with van der Waals surface area (Å²) in [5, 5.41) is 7.47. The first kappa shape index (κ1) is 18.1. The van der Waals surface area contributed by atoms with E-state index in [4.69, 9.17) is 4.74 Å². The van der Waals surface area contributed by atoms with Crippen LogP contribution in [-0.4, -0.2) is 30.4 Å². The number of benzene rings is 1. The van der Waals surface area contributed by atoms with Gasteiger partial charge in [-0.25, -0.2) is 0 Å². The minimum Gasteiger partial charge on any atom is -0.456 e. The van der Waals surface area contributed by atoms with Crippen LogP contribution in [0.5, 0.6) is 0 Å². The Morgan fingerprint density at radius 1 is 1.12 bits per heavy atom. The van der Waals surface area contributed by atoms with Gasteiger partial charge in [0.1, 0.15) is 0 Å². The highest BCUT2D eigenvalue weighted by Gasteiger charge is 2.25. The Morgan fingerprint density at radius 2 is 1.92 bits per heavy atom. The molecule has 1 saturated carbocycles. The third kappa shape index (κ3) is 5.42.